The Hall–Kier alpha value is -3.04. The molecule has 0 aliphatic rings. The molecule has 142 valence electrons. The maximum atomic E-state index is 13.2. The SMILES string of the molecule is O=C(c1ccc(F)cc1)n1nc(NCc2cccs2)nc1NCc1cccs1. The summed E-state index contributed by atoms with van der Waals surface area (Å²) in [7, 11) is 0. The van der Waals surface area contributed by atoms with Crippen molar-refractivity contribution < 1.29 is 9.18 Å². The maximum Gasteiger partial charge on any atom is 0.281 e. The molecular formula is C19H16FN5OS2. The van der Waals surface area contributed by atoms with Gasteiger partial charge in [0, 0.05) is 15.3 Å². The molecule has 0 unspecified atom stereocenters. The van der Waals surface area contributed by atoms with Gasteiger partial charge in [0.25, 0.3) is 5.91 Å². The number of benzene rings is 1. The number of halogens is 1. The summed E-state index contributed by atoms with van der Waals surface area (Å²) in [6, 6.07) is 13.3. The molecule has 1 aromatic carbocycles. The first-order valence-electron chi connectivity index (χ1n) is 8.49. The predicted octanol–water partition coefficient (Wildman–Crippen LogP) is 4.45. The van der Waals surface area contributed by atoms with Gasteiger partial charge in [0.05, 0.1) is 13.1 Å². The number of hydrogen-bond donors (Lipinski definition) is 2. The lowest BCUT2D eigenvalue weighted by atomic mass is 10.2. The second kappa shape index (κ2) is 8.32. The molecule has 0 atom stereocenters. The van der Waals surface area contributed by atoms with Gasteiger partial charge in [-0.3, -0.25) is 4.79 Å². The molecule has 3 heterocycles. The highest BCUT2D eigenvalue weighted by Crippen LogP contribution is 2.17. The van der Waals surface area contributed by atoms with Crippen molar-refractivity contribution in [2.45, 2.75) is 13.1 Å². The molecule has 0 saturated carbocycles. The summed E-state index contributed by atoms with van der Waals surface area (Å²) in [5.41, 5.74) is 0.329. The van der Waals surface area contributed by atoms with Crippen molar-refractivity contribution in [2.24, 2.45) is 0 Å². The largest absolute Gasteiger partial charge is 0.349 e. The lowest BCUT2D eigenvalue weighted by molar-refractivity contribution is 0.0947. The third-order valence-electron chi connectivity index (χ3n) is 3.89. The number of aromatic nitrogens is 3. The van der Waals surface area contributed by atoms with Crippen molar-refractivity contribution in [1.82, 2.24) is 14.8 Å². The van der Waals surface area contributed by atoms with E-state index in [0.29, 0.717) is 30.5 Å². The smallest absolute Gasteiger partial charge is 0.281 e. The average Bonchev–Trinajstić information content (AvgIpc) is 3.46. The molecule has 0 spiro atoms. The van der Waals surface area contributed by atoms with Gasteiger partial charge in [0.2, 0.25) is 11.9 Å². The molecule has 4 rings (SSSR count). The molecule has 2 N–H and O–H groups in total. The number of rotatable bonds is 7. The fourth-order valence-corrected chi connectivity index (χ4v) is 3.81. The van der Waals surface area contributed by atoms with Crippen LogP contribution in [0.5, 0.6) is 0 Å². The first kappa shape index (κ1) is 18.3. The Balaban J connectivity index is 1.57. The number of anilines is 2. The highest BCUT2D eigenvalue weighted by atomic mass is 32.1. The van der Waals surface area contributed by atoms with Crippen molar-refractivity contribution in [3.8, 4) is 0 Å². The van der Waals surface area contributed by atoms with E-state index < -0.39 is 5.82 Å². The van der Waals surface area contributed by atoms with E-state index in [1.54, 1.807) is 22.7 Å². The van der Waals surface area contributed by atoms with Crippen LogP contribution in [0, 0.1) is 5.82 Å². The maximum absolute atomic E-state index is 13.2. The Morgan fingerprint density at radius 1 is 0.964 bits per heavy atom. The zero-order valence-corrected chi connectivity index (χ0v) is 16.3. The minimum Gasteiger partial charge on any atom is -0.349 e. The topological polar surface area (TPSA) is 71.8 Å². The first-order valence-corrected chi connectivity index (χ1v) is 10.2. The monoisotopic (exact) mass is 413 g/mol. The number of hydrogen-bond acceptors (Lipinski definition) is 7. The fraction of sp³-hybridized carbons (Fsp3) is 0.105. The van der Waals surface area contributed by atoms with E-state index in [2.05, 4.69) is 20.7 Å². The van der Waals surface area contributed by atoms with Crippen LogP contribution in [0.2, 0.25) is 0 Å². The molecule has 6 nitrogen and oxygen atoms in total. The van der Waals surface area contributed by atoms with E-state index in [1.807, 2.05) is 35.0 Å². The molecule has 0 aliphatic carbocycles. The van der Waals surface area contributed by atoms with Crippen LogP contribution in [0.25, 0.3) is 0 Å². The Morgan fingerprint density at radius 3 is 2.21 bits per heavy atom. The quantitative estimate of drug-likeness (QED) is 0.468. The van der Waals surface area contributed by atoms with E-state index in [-0.39, 0.29) is 5.91 Å². The van der Waals surface area contributed by atoms with Crippen LogP contribution < -0.4 is 10.6 Å². The molecule has 0 radical (unpaired) electrons. The van der Waals surface area contributed by atoms with Crippen LogP contribution in [0.15, 0.2) is 59.3 Å². The Labute approximate surface area is 168 Å². The van der Waals surface area contributed by atoms with Gasteiger partial charge in [-0.25, -0.2) is 4.39 Å². The Bertz CT molecular complexity index is 1040. The van der Waals surface area contributed by atoms with Gasteiger partial charge >= 0.3 is 0 Å². The summed E-state index contributed by atoms with van der Waals surface area (Å²) in [6.45, 7) is 1.09. The third kappa shape index (κ3) is 4.26. The van der Waals surface area contributed by atoms with E-state index in [4.69, 9.17) is 0 Å². The minimum absolute atomic E-state index is 0.329. The minimum atomic E-state index is -0.399. The highest BCUT2D eigenvalue weighted by Gasteiger charge is 2.18. The molecule has 0 bridgehead atoms. The van der Waals surface area contributed by atoms with Crippen molar-refractivity contribution in [2.75, 3.05) is 10.6 Å². The van der Waals surface area contributed by atoms with Crippen molar-refractivity contribution in [3.05, 3.63) is 80.4 Å². The highest BCUT2D eigenvalue weighted by molar-refractivity contribution is 7.10. The van der Waals surface area contributed by atoms with E-state index >= 15 is 0 Å². The lowest BCUT2D eigenvalue weighted by Gasteiger charge is -2.06. The summed E-state index contributed by atoms with van der Waals surface area (Å²) in [5, 5.41) is 14.6. The molecule has 0 amide bonds. The standard InChI is InChI=1S/C19H16FN5OS2/c20-14-7-5-13(6-8-14)17(26)25-19(22-12-16-4-2-10-28-16)23-18(24-25)21-11-15-3-1-9-27-15/h1-10H,11-12H2,(H2,21,22,23,24). The number of nitrogens with zero attached hydrogens (tertiary/aromatic N) is 3. The molecule has 0 saturated heterocycles. The van der Waals surface area contributed by atoms with E-state index in [0.717, 1.165) is 9.75 Å². The van der Waals surface area contributed by atoms with Crippen LogP contribution in [-0.4, -0.2) is 20.7 Å². The van der Waals surface area contributed by atoms with Gasteiger partial charge < -0.3 is 10.6 Å². The number of carbonyl (C=O) groups excluding carboxylic acids is 1. The zero-order chi connectivity index (χ0) is 19.3. The normalized spacial score (nSPS) is 10.8. The summed E-state index contributed by atoms with van der Waals surface area (Å²) in [4.78, 5) is 19.5. The van der Waals surface area contributed by atoms with Crippen molar-refractivity contribution in [1.29, 1.82) is 0 Å². The van der Waals surface area contributed by atoms with Gasteiger partial charge in [0.15, 0.2) is 0 Å². The lowest BCUT2D eigenvalue weighted by Crippen LogP contribution is -2.17. The van der Waals surface area contributed by atoms with E-state index in [9.17, 15) is 9.18 Å². The number of nitrogens with one attached hydrogen (secondary N) is 2. The second-order valence-electron chi connectivity index (χ2n) is 5.85. The van der Waals surface area contributed by atoms with Gasteiger partial charge in [-0.05, 0) is 47.2 Å². The average molecular weight is 414 g/mol. The van der Waals surface area contributed by atoms with E-state index in [1.165, 1.54) is 28.9 Å². The van der Waals surface area contributed by atoms with Crippen LogP contribution in [0.4, 0.5) is 16.3 Å². The van der Waals surface area contributed by atoms with Gasteiger partial charge in [0.1, 0.15) is 5.82 Å². The Morgan fingerprint density at radius 2 is 1.61 bits per heavy atom. The molecule has 0 fully saturated rings. The molecule has 28 heavy (non-hydrogen) atoms. The van der Waals surface area contributed by atoms with Gasteiger partial charge in [-0.15, -0.1) is 27.8 Å². The number of carbonyl (C=O) groups is 1. The van der Waals surface area contributed by atoms with Crippen LogP contribution in [-0.2, 0) is 13.1 Å². The van der Waals surface area contributed by atoms with Crippen LogP contribution >= 0.6 is 22.7 Å². The predicted molar refractivity (Wildman–Crippen MR) is 109 cm³/mol. The molecule has 3 aromatic heterocycles. The Kier molecular flexibility index (Phi) is 5.45. The first-order chi connectivity index (χ1) is 13.7. The van der Waals surface area contributed by atoms with Gasteiger partial charge in [-0.2, -0.15) is 9.67 Å². The molecule has 4 aromatic rings. The fourth-order valence-electron chi connectivity index (χ4n) is 2.52. The van der Waals surface area contributed by atoms with Crippen molar-refractivity contribution >= 4 is 40.5 Å². The second-order valence-corrected chi connectivity index (χ2v) is 7.91. The summed E-state index contributed by atoms with van der Waals surface area (Å²) < 4.78 is 14.4. The van der Waals surface area contributed by atoms with Gasteiger partial charge in [-0.1, -0.05) is 12.1 Å². The zero-order valence-electron chi connectivity index (χ0n) is 14.6. The van der Waals surface area contributed by atoms with Crippen molar-refractivity contribution in [3.63, 3.8) is 0 Å². The molecular weight excluding hydrogens is 397 g/mol. The number of thiophene rings is 2. The summed E-state index contributed by atoms with van der Waals surface area (Å²) in [5.74, 6) is -0.108. The van der Waals surface area contributed by atoms with Crippen LogP contribution in [0.1, 0.15) is 20.1 Å². The summed E-state index contributed by atoms with van der Waals surface area (Å²) >= 11 is 3.23. The van der Waals surface area contributed by atoms with Crippen LogP contribution in [0.3, 0.4) is 0 Å². The summed E-state index contributed by atoms with van der Waals surface area (Å²) in [6.07, 6.45) is 0. The molecule has 0 aliphatic heterocycles. The molecule has 9 heteroatoms. The third-order valence-corrected chi connectivity index (χ3v) is 5.65.